The number of amides is 1. The summed E-state index contributed by atoms with van der Waals surface area (Å²) in [5.74, 6) is 0.592. The predicted octanol–water partition coefficient (Wildman–Crippen LogP) is 1.72. The first kappa shape index (κ1) is 15.3. The molecular weight excluding hydrogens is 266 g/mol. The van der Waals surface area contributed by atoms with Gasteiger partial charge >= 0.3 is 0 Å². The first-order chi connectivity index (χ1) is 10.2. The molecule has 0 heterocycles. The summed E-state index contributed by atoms with van der Waals surface area (Å²) >= 11 is 0. The molecule has 1 saturated carbocycles. The zero-order valence-electron chi connectivity index (χ0n) is 12.0. The number of nitriles is 1. The Hall–Kier alpha value is -2.06. The van der Waals surface area contributed by atoms with Crippen molar-refractivity contribution in [3.63, 3.8) is 0 Å². The molecule has 1 aliphatic rings. The first-order valence-corrected chi connectivity index (χ1v) is 7.30. The number of primary amides is 1. The molecule has 0 aromatic heterocycles. The number of ether oxygens (including phenoxy) is 1. The van der Waals surface area contributed by atoms with Gasteiger partial charge in [-0.1, -0.05) is 12.1 Å². The highest BCUT2D eigenvalue weighted by Gasteiger charge is 2.24. The zero-order valence-corrected chi connectivity index (χ0v) is 12.0. The SMILES string of the molecule is N#CCOc1cccc(CNC2CCC(C(N)=O)CC2)c1. The second kappa shape index (κ2) is 7.65. The summed E-state index contributed by atoms with van der Waals surface area (Å²) in [6.07, 6.45) is 3.72. The molecule has 0 spiro atoms. The van der Waals surface area contributed by atoms with E-state index in [0.717, 1.165) is 37.8 Å². The smallest absolute Gasteiger partial charge is 0.220 e. The van der Waals surface area contributed by atoms with Crippen molar-refractivity contribution in [3.8, 4) is 11.8 Å². The summed E-state index contributed by atoms with van der Waals surface area (Å²) in [5, 5.41) is 12.0. The van der Waals surface area contributed by atoms with Crippen LogP contribution in [0.1, 0.15) is 31.2 Å². The monoisotopic (exact) mass is 287 g/mol. The highest BCUT2D eigenvalue weighted by atomic mass is 16.5. The van der Waals surface area contributed by atoms with Crippen LogP contribution in [-0.4, -0.2) is 18.6 Å². The Morgan fingerprint density at radius 3 is 2.81 bits per heavy atom. The molecule has 0 atom stereocenters. The van der Waals surface area contributed by atoms with Crippen LogP contribution in [0.15, 0.2) is 24.3 Å². The van der Waals surface area contributed by atoms with Gasteiger partial charge in [-0.2, -0.15) is 5.26 Å². The van der Waals surface area contributed by atoms with Gasteiger partial charge in [0, 0.05) is 18.5 Å². The van der Waals surface area contributed by atoms with Crippen LogP contribution >= 0.6 is 0 Å². The standard InChI is InChI=1S/C16H21N3O2/c17-8-9-21-15-3-1-2-12(10-15)11-19-14-6-4-13(5-7-14)16(18)20/h1-3,10,13-14,19H,4-7,9,11H2,(H2,18,20). The van der Waals surface area contributed by atoms with E-state index in [1.165, 1.54) is 0 Å². The van der Waals surface area contributed by atoms with E-state index >= 15 is 0 Å². The quantitative estimate of drug-likeness (QED) is 0.834. The van der Waals surface area contributed by atoms with E-state index in [1.54, 1.807) is 0 Å². The van der Waals surface area contributed by atoms with Crippen LogP contribution in [0.2, 0.25) is 0 Å². The average Bonchev–Trinajstić information content (AvgIpc) is 2.52. The van der Waals surface area contributed by atoms with Crippen LogP contribution in [0, 0.1) is 17.2 Å². The number of nitrogens with one attached hydrogen (secondary N) is 1. The molecule has 0 saturated heterocycles. The average molecular weight is 287 g/mol. The third kappa shape index (κ3) is 4.76. The summed E-state index contributed by atoms with van der Waals surface area (Å²) < 4.78 is 5.29. The topological polar surface area (TPSA) is 88.1 Å². The lowest BCUT2D eigenvalue weighted by Crippen LogP contribution is -2.36. The normalized spacial score (nSPS) is 21.5. The van der Waals surface area contributed by atoms with E-state index in [2.05, 4.69) is 5.32 Å². The summed E-state index contributed by atoms with van der Waals surface area (Å²) in [6.45, 7) is 0.823. The molecule has 1 aromatic rings. The van der Waals surface area contributed by atoms with Gasteiger partial charge in [0.15, 0.2) is 6.61 Å². The third-order valence-electron chi connectivity index (χ3n) is 3.93. The fourth-order valence-electron chi connectivity index (χ4n) is 2.71. The molecule has 2 rings (SSSR count). The molecule has 0 bridgehead atoms. The molecule has 0 radical (unpaired) electrons. The van der Waals surface area contributed by atoms with Crippen LogP contribution in [0.4, 0.5) is 0 Å². The molecule has 5 heteroatoms. The summed E-state index contributed by atoms with van der Waals surface area (Å²) in [7, 11) is 0. The van der Waals surface area contributed by atoms with Gasteiger partial charge < -0.3 is 15.8 Å². The number of carbonyl (C=O) groups excluding carboxylic acids is 1. The highest BCUT2D eigenvalue weighted by Crippen LogP contribution is 2.24. The van der Waals surface area contributed by atoms with E-state index in [9.17, 15) is 4.79 Å². The van der Waals surface area contributed by atoms with Crippen LogP contribution in [0.25, 0.3) is 0 Å². The van der Waals surface area contributed by atoms with Gasteiger partial charge in [0.05, 0.1) is 0 Å². The van der Waals surface area contributed by atoms with E-state index < -0.39 is 0 Å². The Labute approximate surface area is 125 Å². The number of nitrogens with two attached hydrogens (primary N) is 1. The Bertz CT molecular complexity index is 516. The van der Waals surface area contributed by atoms with Crippen molar-refractivity contribution in [2.45, 2.75) is 38.3 Å². The molecule has 21 heavy (non-hydrogen) atoms. The molecule has 1 aromatic carbocycles. The van der Waals surface area contributed by atoms with Crippen molar-refractivity contribution in [2.24, 2.45) is 11.7 Å². The first-order valence-electron chi connectivity index (χ1n) is 7.30. The Morgan fingerprint density at radius 1 is 1.38 bits per heavy atom. The minimum Gasteiger partial charge on any atom is -0.479 e. The summed E-state index contributed by atoms with van der Waals surface area (Å²) in [5.41, 5.74) is 6.47. The molecule has 5 nitrogen and oxygen atoms in total. The number of hydrogen-bond acceptors (Lipinski definition) is 4. The van der Waals surface area contributed by atoms with Gasteiger partial charge in [0.2, 0.25) is 5.91 Å². The van der Waals surface area contributed by atoms with Crippen molar-refractivity contribution in [3.05, 3.63) is 29.8 Å². The Morgan fingerprint density at radius 2 is 2.14 bits per heavy atom. The number of rotatable bonds is 6. The lowest BCUT2D eigenvalue weighted by Gasteiger charge is -2.27. The minimum atomic E-state index is -0.171. The molecule has 1 aliphatic carbocycles. The number of nitrogens with zero attached hydrogens (tertiary/aromatic N) is 1. The van der Waals surface area contributed by atoms with Crippen LogP contribution in [0.5, 0.6) is 5.75 Å². The van der Waals surface area contributed by atoms with Gasteiger partial charge in [-0.05, 0) is 43.4 Å². The molecule has 1 amide bonds. The van der Waals surface area contributed by atoms with Gasteiger partial charge in [-0.3, -0.25) is 4.79 Å². The molecule has 0 aliphatic heterocycles. The second-order valence-corrected chi connectivity index (χ2v) is 5.43. The number of carbonyl (C=O) groups is 1. The van der Waals surface area contributed by atoms with Crippen molar-refractivity contribution in [2.75, 3.05) is 6.61 Å². The summed E-state index contributed by atoms with van der Waals surface area (Å²) in [6, 6.07) is 10.1. The highest BCUT2D eigenvalue weighted by molar-refractivity contribution is 5.76. The van der Waals surface area contributed by atoms with Gasteiger partial charge in [-0.25, -0.2) is 0 Å². The van der Waals surface area contributed by atoms with E-state index in [4.69, 9.17) is 15.7 Å². The van der Waals surface area contributed by atoms with Crippen LogP contribution < -0.4 is 15.8 Å². The van der Waals surface area contributed by atoms with E-state index in [0.29, 0.717) is 11.8 Å². The minimum absolute atomic E-state index is 0.0470. The van der Waals surface area contributed by atoms with Crippen molar-refractivity contribution >= 4 is 5.91 Å². The van der Waals surface area contributed by atoms with Crippen LogP contribution in [-0.2, 0) is 11.3 Å². The lowest BCUT2D eigenvalue weighted by atomic mass is 9.85. The van der Waals surface area contributed by atoms with Gasteiger partial charge in [-0.15, -0.1) is 0 Å². The molecule has 3 N–H and O–H groups in total. The fourth-order valence-corrected chi connectivity index (χ4v) is 2.71. The molecule has 0 unspecified atom stereocenters. The maximum Gasteiger partial charge on any atom is 0.220 e. The fraction of sp³-hybridized carbons (Fsp3) is 0.500. The summed E-state index contributed by atoms with van der Waals surface area (Å²) in [4.78, 5) is 11.1. The number of benzene rings is 1. The van der Waals surface area contributed by atoms with Crippen molar-refractivity contribution in [1.29, 1.82) is 5.26 Å². The van der Waals surface area contributed by atoms with Crippen molar-refractivity contribution < 1.29 is 9.53 Å². The zero-order chi connectivity index (χ0) is 15.1. The molecule has 112 valence electrons. The van der Waals surface area contributed by atoms with E-state index in [1.807, 2.05) is 30.3 Å². The van der Waals surface area contributed by atoms with Gasteiger partial charge in [0.25, 0.3) is 0 Å². The van der Waals surface area contributed by atoms with Crippen molar-refractivity contribution in [1.82, 2.24) is 5.32 Å². The van der Waals surface area contributed by atoms with Crippen LogP contribution in [0.3, 0.4) is 0 Å². The lowest BCUT2D eigenvalue weighted by molar-refractivity contribution is -0.122. The largest absolute Gasteiger partial charge is 0.479 e. The maximum atomic E-state index is 11.1. The third-order valence-corrected chi connectivity index (χ3v) is 3.93. The predicted molar refractivity (Wildman–Crippen MR) is 79.3 cm³/mol. The maximum absolute atomic E-state index is 11.1. The van der Waals surface area contributed by atoms with E-state index in [-0.39, 0.29) is 18.4 Å². The number of hydrogen-bond donors (Lipinski definition) is 2. The van der Waals surface area contributed by atoms with Gasteiger partial charge in [0.1, 0.15) is 11.8 Å². The Kier molecular flexibility index (Phi) is 5.59. The Balaban J connectivity index is 1.78. The molecule has 1 fully saturated rings. The molecular formula is C16H21N3O2. The second-order valence-electron chi connectivity index (χ2n) is 5.43.